The van der Waals surface area contributed by atoms with Crippen molar-refractivity contribution in [2.24, 2.45) is 0 Å². The Kier molecular flexibility index (Phi) is 7.45. The molecule has 11 heteroatoms. The molecule has 0 unspecified atom stereocenters. The quantitative estimate of drug-likeness (QED) is 0.505. The summed E-state index contributed by atoms with van der Waals surface area (Å²) >= 11 is 11.7. The van der Waals surface area contributed by atoms with Gasteiger partial charge in [0.1, 0.15) is 18.2 Å². The fourth-order valence-electron chi connectivity index (χ4n) is 2.64. The van der Waals surface area contributed by atoms with Crippen LogP contribution >= 0.6 is 23.2 Å². The Morgan fingerprint density at radius 2 is 1.78 bits per heavy atom. The van der Waals surface area contributed by atoms with E-state index in [1.165, 1.54) is 47.1 Å². The van der Waals surface area contributed by atoms with Gasteiger partial charge in [0.15, 0.2) is 6.61 Å². The molecule has 0 aliphatic carbocycles. The monoisotopic (exact) mass is 478 g/mol. The molecule has 0 saturated heterocycles. The fourth-order valence-corrected chi connectivity index (χ4v) is 2.93. The van der Waals surface area contributed by atoms with Gasteiger partial charge in [0.05, 0.1) is 21.4 Å². The van der Waals surface area contributed by atoms with E-state index in [0.717, 1.165) is 0 Å². The largest absolute Gasteiger partial charge is 0.454 e. The number of halogens is 3. The highest BCUT2D eigenvalue weighted by atomic mass is 35.5. The minimum absolute atomic E-state index is 0.202. The van der Waals surface area contributed by atoms with Crippen LogP contribution in [0.5, 0.6) is 0 Å². The number of rotatable bonds is 7. The van der Waals surface area contributed by atoms with Crippen LogP contribution in [0.1, 0.15) is 16.1 Å². The van der Waals surface area contributed by atoms with Crippen LogP contribution in [0.15, 0.2) is 48.5 Å². The molecule has 1 heterocycles. The predicted molar refractivity (Wildman–Crippen MR) is 117 cm³/mol. The van der Waals surface area contributed by atoms with Crippen LogP contribution in [0, 0.1) is 12.7 Å². The van der Waals surface area contributed by atoms with Gasteiger partial charge in [-0.15, -0.1) is 0 Å². The van der Waals surface area contributed by atoms with Crippen LogP contribution in [0.4, 0.5) is 10.2 Å². The van der Waals surface area contributed by atoms with Crippen LogP contribution in [-0.2, 0) is 14.3 Å². The third-order valence-corrected chi connectivity index (χ3v) is 4.85. The summed E-state index contributed by atoms with van der Waals surface area (Å²) in [4.78, 5) is 36.1. The minimum atomic E-state index is -0.809. The summed E-state index contributed by atoms with van der Waals surface area (Å²) in [6.07, 6.45) is 0. The van der Waals surface area contributed by atoms with E-state index in [9.17, 15) is 18.8 Å². The zero-order chi connectivity index (χ0) is 23.3. The van der Waals surface area contributed by atoms with E-state index in [-0.39, 0.29) is 10.6 Å². The third-order valence-electron chi connectivity index (χ3n) is 4.11. The summed E-state index contributed by atoms with van der Waals surface area (Å²) in [5.74, 6) is -2.05. The van der Waals surface area contributed by atoms with Crippen LogP contribution in [-0.4, -0.2) is 40.7 Å². The molecule has 2 amide bonds. The number of aryl methyl sites for hydroxylation is 1. The number of aromatic nitrogens is 2. The molecule has 3 rings (SSSR count). The molecular weight excluding hydrogens is 462 g/mol. The van der Waals surface area contributed by atoms with Gasteiger partial charge in [0.25, 0.3) is 11.8 Å². The highest BCUT2D eigenvalue weighted by Gasteiger charge is 2.14. The number of carbonyl (C=O) groups excluding carboxylic acids is 3. The van der Waals surface area contributed by atoms with Crippen molar-refractivity contribution in [2.45, 2.75) is 6.92 Å². The van der Waals surface area contributed by atoms with Crippen molar-refractivity contribution in [1.82, 2.24) is 15.1 Å². The fraction of sp³-hybridized carbons (Fsp3) is 0.143. The number of nitrogens with one attached hydrogen (secondary N) is 2. The van der Waals surface area contributed by atoms with Crippen molar-refractivity contribution >= 4 is 46.8 Å². The first-order valence-electron chi connectivity index (χ1n) is 9.24. The topological polar surface area (TPSA) is 102 Å². The van der Waals surface area contributed by atoms with Crippen molar-refractivity contribution < 1.29 is 23.5 Å². The summed E-state index contributed by atoms with van der Waals surface area (Å²) in [5.41, 5.74) is 1.37. The Balaban J connectivity index is 1.51. The van der Waals surface area contributed by atoms with Crippen molar-refractivity contribution in [2.75, 3.05) is 18.5 Å². The van der Waals surface area contributed by atoms with Crippen LogP contribution in [0.2, 0.25) is 10.0 Å². The number of esters is 1. The van der Waals surface area contributed by atoms with E-state index >= 15 is 0 Å². The summed E-state index contributed by atoms with van der Waals surface area (Å²) < 4.78 is 19.5. The Hall–Kier alpha value is -3.43. The van der Waals surface area contributed by atoms with Crippen molar-refractivity contribution in [1.29, 1.82) is 0 Å². The number of amides is 2. The maximum atomic E-state index is 13.2. The van der Waals surface area contributed by atoms with Gasteiger partial charge in [0.2, 0.25) is 0 Å². The SMILES string of the molecule is Cc1cc(NC(=O)COC(=O)CNC(=O)c2ccc(Cl)c(Cl)c2)n(-c2ccc(F)cc2)n1. The van der Waals surface area contributed by atoms with Gasteiger partial charge in [-0.25, -0.2) is 9.07 Å². The minimum Gasteiger partial charge on any atom is -0.454 e. The number of ether oxygens (including phenoxy) is 1. The number of hydrogen-bond acceptors (Lipinski definition) is 5. The van der Waals surface area contributed by atoms with Gasteiger partial charge in [-0.1, -0.05) is 23.2 Å². The number of anilines is 1. The molecule has 166 valence electrons. The van der Waals surface area contributed by atoms with Crippen LogP contribution in [0.3, 0.4) is 0 Å². The lowest BCUT2D eigenvalue weighted by Gasteiger charge is -2.10. The molecule has 0 aliphatic rings. The molecular formula is C21H17Cl2FN4O4. The number of hydrogen-bond donors (Lipinski definition) is 2. The molecule has 1 aromatic heterocycles. The first kappa shape index (κ1) is 23.2. The molecule has 0 bridgehead atoms. The molecule has 0 saturated carbocycles. The zero-order valence-electron chi connectivity index (χ0n) is 16.7. The van der Waals surface area contributed by atoms with Gasteiger partial charge in [-0.2, -0.15) is 5.10 Å². The molecule has 32 heavy (non-hydrogen) atoms. The van der Waals surface area contributed by atoms with Gasteiger partial charge >= 0.3 is 5.97 Å². The lowest BCUT2D eigenvalue weighted by Crippen LogP contribution is -2.32. The Morgan fingerprint density at radius 3 is 2.47 bits per heavy atom. The van der Waals surface area contributed by atoms with Crippen LogP contribution in [0.25, 0.3) is 5.69 Å². The summed E-state index contributed by atoms with van der Waals surface area (Å²) in [6, 6.07) is 11.4. The molecule has 0 atom stereocenters. The second-order valence-corrected chi connectivity index (χ2v) is 7.39. The molecule has 8 nitrogen and oxygen atoms in total. The smallest absolute Gasteiger partial charge is 0.325 e. The van der Waals surface area contributed by atoms with E-state index in [4.69, 9.17) is 27.9 Å². The molecule has 0 radical (unpaired) electrons. The maximum Gasteiger partial charge on any atom is 0.325 e. The van der Waals surface area contributed by atoms with E-state index in [2.05, 4.69) is 15.7 Å². The lowest BCUT2D eigenvalue weighted by atomic mass is 10.2. The normalized spacial score (nSPS) is 10.5. The highest BCUT2D eigenvalue weighted by Crippen LogP contribution is 2.22. The summed E-state index contributed by atoms with van der Waals surface area (Å²) in [7, 11) is 0. The number of carbonyl (C=O) groups is 3. The predicted octanol–water partition coefficient (Wildman–Crippen LogP) is 3.54. The standard InChI is InChI=1S/C21H17Cl2FN4O4/c1-12-8-18(28(27-12)15-5-3-14(24)4-6-15)26-19(29)11-32-20(30)10-25-21(31)13-2-7-16(22)17(23)9-13/h2-9H,10-11H2,1H3,(H,25,31)(H,26,29). The summed E-state index contributed by atoms with van der Waals surface area (Å²) in [5, 5.41) is 9.70. The number of nitrogens with zero attached hydrogens (tertiary/aromatic N) is 2. The number of benzene rings is 2. The van der Waals surface area contributed by atoms with Crippen molar-refractivity contribution in [3.8, 4) is 5.69 Å². The first-order chi connectivity index (χ1) is 15.2. The molecule has 0 spiro atoms. The second-order valence-electron chi connectivity index (χ2n) is 6.58. The maximum absolute atomic E-state index is 13.2. The average molecular weight is 479 g/mol. The van der Waals surface area contributed by atoms with Crippen molar-refractivity contribution in [3.05, 3.63) is 75.7 Å². The van der Waals surface area contributed by atoms with E-state index in [1.54, 1.807) is 13.0 Å². The van der Waals surface area contributed by atoms with E-state index in [0.29, 0.717) is 22.2 Å². The highest BCUT2D eigenvalue weighted by molar-refractivity contribution is 6.42. The van der Waals surface area contributed by atoms with Gasteiger partial charge in [0, 0.05) is 11.6 Å². The van der Waals surface area contributed by atoms with Crippen LogP contribution < -0.4 is 10.6 Å². The van der Waals surface area contributed by atoms with Gasteiger partial charge in [-0.05, 0) is 49.4 Å². The zero-order valence-corrected chi connectivity index (χ0v) is 18.2. The third kappa shape index (κ3) is 6.05. The molecule has 2 aromatic carbocycles. The average Bonchev–Trinajstić information content (AvgIpc) is 3.12. The molecule has 0 aliphatic heterocycles. The summed E-state index contributed by atoms with van der Waals surface area (Å²) in [6.45, 7) is 0.709. The molecule has 2 N–H and O–H groups in total. The van der Waals surface area contributed by atoms with Crippen molar-refractivity contribution in [3.63, 3.8) is 0 Å². The van der Waals surface area contributed by atoms with Gasteiger partial charge in [-0.3, -0.25) is 14.4 Å². The lowest BCUT2D eigenvalue weighted by molar-refractivity contribution is -0.146. The second kappa shape index (κ2) is 10.3. The van der Waals surface area contributed by atoms with Gasteiger partial charge < -0.3 is 15.4 Å². The Bertz CT molecular complexity index is 1170. The first-order valence-corrected chi connectivity index (χ1v) is 10.00. The van der Waals surface area contributed by atoms with E-state index < -0.39 is 36.8 Å². The molecule has 0 fully saturated rings. The Labute approximate surface area is 192 Å². The van der Waals surface area contributed by atoms with E-state index in [1.807, 2.05) is 0 Å². The molecule has 3 aromatic rings. The Morgan fingerprint density at radius 1 is 1.06 bits per heavy atom.